The van der Waals surface area contributed by atoms with Crippen molar-refractivity contribution in [2.45, 2.75) is 37.5 Å². The molecule has 0 radical (unpaired) electrons. The largest absolute Gasteiger partial charge is 0.497 e. The van der Waals surface area contributed by atoms with Gasteiger partial charge in [-0.15, -0.1) is 0 Å². The van der Waals surface area contributed by atoms with Crippen molar-refractivity contribution in [1.82, 2.24) is 4.90 Å². The van der Waals surface area contributed by atoms with Crippen LogP contribution in [-0.2, 0) is 11.2 Å². The number of fused-ring (bicyclic) bond motifs is 1. The molecule has 0 aliphatic carbocycles. The van der Waals surface area contributed by atoms with Crippen LogP contribution in [0.15, 0.2) is 28.9 Å². The molecule has 2 aromatic rings. The van der Waals surface area contributed by atoms with Gasteiger partial charge in [-0.25, -0.2) is 0 Å². The normalized spacial score (nSPS) is 21.6. The molecule has 5 nitrogen and oxygen atoms in total. The highest BCUT2D eigenvalue weighted by atomic mass is 19.4. The lowest BCUT2D eigenvalue weighted by Crippen LogP contribution is -2.57. The first-order valence-corrected chi connectivity index (χ1v) is 7.95. The Morgan fingerprint density at radius 3 is 2.84 bits per heavy atom. The van der Waals surface area contributed by atoms with Crippen molar-refractivity contribution in [3.63, 3.8) is 0 Å². The highest BCUT2D eigenvalue weighted by molar-refractivity contribution is 5.88. The Balaban J connectivity index is 1.83. The Hall–Kier alpha value is -2.22. The molecule has 1 aromatic carbocycles. The molecule has 2 heterocycles. The first kappa shape index (κ1) is 17.6. The molecular weight excluding hydrogens is 337 g/mol. The van der Waals surface area contributed by atoms with Crippen LogP contribution >= 0.6 is 0 Å². The first-order valence-electron chi connectivity index (χ1n) is 7.95. The lowest BCUT2D eigenvalue weighted by molar-refractivity contribution is -0.196. The molecule has 1 aliphatic heterocycles. The summed E-state index contributed by atoms with van der Waals surface area (Å²) in [6, 6.07) is 2.88. The number of piperidine rings is 1. The number of halogens is 3. The van der Waals surface area contributed by atoms with Crippen molar-refractivity contribution in [3.05, 3.63) is 30.0 Å². The van der Waals surface area contributed by atoms with Gasteiger partial charge in [0.2, 0.25) is 5.91 Å². The van der Waals surface area contributed by atoms with E-state index in [2.05, 4.69) is 0 Å². The van der Waals surface area contributed by atoms with Gasteiger partial charge in [0.1, 0.15) is 17.4 Å². The highest BCUT2D eigenvalue weighted by Crippen LogP contribution is 2.33. The molecule has 0 bridgehead atoms. The van der Waals surface area contributed by atoms with E-state index in [1.165, 1.54) is 13.4 Å². The number of benzene rings is 1. The zero-order chi connectivity index (χ0) is 18.2. The molecule has 1 amide bonds. The number of carbonyl (C=O) groups excluding carboxylic acids is 1. The van der Waals surface area contributed by atoms with Gasteiger partial charge >= 0.3 is 6.18 Å². The van der Waals surface area contributed by atoms with Crippen LogP contribution in [-0.4, -0.2) is 42.7 Å². The number of rotatable bonds is 3. The van der Waals surface area contributed by atoms with Gasteiger partial charge in [0, 0.05) is 29.6 Å². The number of nitrogens with two attached hydrogens (primary N) is 1. The van der Waals surface area contributed by atoms with Gasteiger partial charge in [-0.05, 0) is 25.0 Å². The van der Waals surface area contributed by atoms with Crippen LogP contribution < -0.4 is 10.5 Å². The average Bonchev–Trinajstić information content (AvgIpc) is 2.95. The molecule has 1 aromatic heterocycles. The van der Waals surface area contributed by atoms with Crippen LogP contribution in [0.25, 0.3) is 11.0 Å². The maximum atomic E-state index is 13.2. The highest BCUT2D eigenvalue weighted by Gasteiger charge is 2.47. The number of methoxy groups -OCH3 is 1. The molecular formula is C17H19F3N2O3. The molecule has 2 N–H and O–H groups in total. The number of furan rings is 1. The maximum Gasteiger partial charge on any atom is 0.408 e. The molecule has 0 saturated carbocycles. The third kappa shape index (κ3) is 3.58. The summed E-state index contributed by atoms with van der Waals surface area (Å²) in [6.45, 7) is -0.0907. The third-order valence-electron chi connectivity index (χ3n) is 4.52. The minimum absolute atomic E-state index is 0.0907. The van der Waals surface area contributed by atoms with Gasteiger partial charge in [0.15, 0.2) is 0 Å². The van der Waals surface area contributed by atoms with Gasteiger partial charge < -0.3 is 19.8 Å². The fourth-order valence-corrected chi connectivity index (χ4v) is 3.21. The van der Waals surface area contributed by atoms with E-state index >= 15 is 0 Å². The van der Waals surface area contributed by atoms with E-state index in [9.17, 15) is 18.0 Å². The molecule has 2 unspecified atom stereocenters. The summed E-state index contributed by atoms with van der Waals surface area (Å²) in [7, 11) is 1.52. The third-order valence-corrected chi connectivity index (χ3v) is 4.52. The number of carbonyl (C=O) groups is 1. The zero-order valence-electron chi connectivity index (χ0n) is 13.7. The van der Waals surface area contributed by atoms with Crippen LogP contribution in [0.3, 0.4) is 0 Å². The van der Waals surface area contributed by atoms with Gasteiger partial charge in [-0.2, -0.15) is 13.2 Å². The predicted molar refractivity (Wildman–Crippen MR) is 85.2 cm³/mol. The fraction of sp³-hybridized carbons (Fsp3) is 0.471. The second-order valence-electron chi connectivity index (χ2n) is 6.24. The molecule has 2 atom stereocenters. The van der Waals surface area contributed by atoms with Crippen molar-refractivity contribution in [2.24, 2.45) is 5.73 Å². The van der Waals surface area contributed by atoms with Crippen molar-refractivity contribution >= 4 is 16.9 Å². The predicted octanol–water partition coefficient (Wildman–Crippen LogP) is 2.86. The van der Waals surface area contributed by atoms with Crippen LogP contribution in [0.2, 0.25) is 0 Å². The quantitative estimate of drug-likeness (QED) is 0.918. The van der Waals surface area contributed by atoms with E-state index in [1.54, 1.807) is 18.2 Å². The number of hydrogen-bond donors (Lipinski definition) is 1. The van der Waals surface area contributed by atoms with Gasteiger partial charge in [-0.1, -0.05) is 0 Å². The number of likely N-dealkylation sites (tertiary alicyclic amines) is 1. The molecule has 25 heavy (non-hydrogen) atoms. The zero-order valence-corrected chi connectivity index (χ0v) is 13.7. The summed E-state index contributed by atoms with van der Waals surface area (Å²) < 4.78 is 50.2. The van der Waals surface area contributed by atoms with Crippen molar-refractivity contribution in [3.8, 4) is 5.75 Å². The van der Waals surface area contributed by atoms with Crippen LogP contribution in [0.5, 0.6) is 5.75 Å². The van der Waals surface area contributed by atoms with Crippen LogP contribution in [0.1, 0.15) is 18.4 Å². The lowest BCUT2D eigenvalue weighted by atomic mass is 9.97. The molecule has 1 fully saturated rings. The van der Waals surface area contributed by atoms with Crippen LogP contribution in [0, 0.1) is 0 Å². The summed E-state index contributed by atoms with van der Waals surface area (Å²) in [5.74, 6) is -0.00476. The topological polar surface area (TPSA) is 68.7 Å². The molecule has 136 valence electrons. The van der Waals surface area contributed by atoms with E-state index < -0.39 is 24.2 Å². The fourth-order valence-electron chi connectivity index (χ4n) is 3.21. The van der Waals surface area contributed by atoms with Crippen molar-refractivity contribution in [2.75, 3.05) is 13.7 Å². The van der Waals surface area contributed by atoms with E-state index in [0.717, 1.165) is 4.90 Å². The molecule has 1 saturated heterocycles. The van der Waals surface area contributed by atoms with E-state index in [0.29, 0.717) is 22.3 Å². The van der Waals surface area contributed by atoms with E-state index in [1.807, 2.05) is 0 Å². The lowest BCUT2D eigenvalue weighted by Gasteiger charge is -2.39. The second kappa shape index (κ2) is 6.59. The standard InChI is InChI=1S/C17H19F3N2O3/c1-24-12-3-4-13-10(9-25-14(13)7-12)6-16(23)22-8-11(21)2-5-15(22)17(18,19)20/h3-4,7,9,11,15H,2,5-6,8,21H2,1H3. The Bertz CT molecular complexity index is 772. The second-order valence-corrected chi connectivity index (χ2v) is 6.24. The Kier molecular flexibility index (Phi) is 4.64. The summed E-state index contributed by atoms with van der Waals surface area (Å²) in [6.07, 6.45) is -3.14. The van der Waals surface area contributed by atoms with Crippen LogP contribution in [0.4, 0.5) is 13.2 Å². The van der Waals surface area contributed by atoms with Crippen molar-refractivity contribution in [1.29, 1.82) is 0 Å². The average molecular weight is 356 g/mol. The summed E-state index contributed by atoms with van der Waals surface area (Å²) in [5.41, 5.74) is 6.83. The van der Waals surface area contributed by atoms with Gasteiger partial charge in [0.05, 0.1) is 19.8 Å². The summed E-state index contributed by atoms with van der Waals surface area (Å²) in [4.78, 5) is 13.4. The van der Waals surface area contributed by atoms with Crippen molar-refractivity contribution < 1.29 is 27.1 Å². The summed E-state index contributed by atoms with van der Waals surface area (Å²) >= 11 is 0. The molecule has 8 heteroatoms. The van der Waals surface area contributed by atoms with Gasteiger partial charge in [-0.3, -0.25) is 4.79 Å². The molecule has 0 spiro atoms. The molecule has 1 aliphatic rings. The Morgan fingerprint density at radius 2 is 2.16 bits per heavy atom. The SMILES string of the molecule is COc1ccc2c(CC(=O)N3CC(N)CCC3C(F)(F)F)coc2c1. The van der Waals surface area contributed by atoms with E-state index in [-0.39, 0.29) is 25.8 Å². The number of nitrogens with zero attached hydrogens (tertiary/aromatic N) is 1. The number of hydrogen-bond acceptors (Lipinski definition) is 4. The van der Waals surface area contributed by atoms with E-state index in [4.69, 9.17) is 14.9 Å². The smallest absolute Gasteiger partial charge is 0.408 e. The maximum absolute atomic E-state index is 13.2. The van der Waals surface area contributed by atoms with Gasteiger partial charge in [0.25, 0.3) is 0 Å². The summed E-state index contributed by atoms with van der Waals surface area (Å²) in [5, 5.41) is 0.680. The Morgan fingerprint density at radius 1 is 1.40 bits per heavy atom. The Labute approximate surface area is 142 Å². The minimum Gasteiger partial charge on any atom is -0.497 e. The number of alkyl halides is 3. The number of amides is 1. The minimum atomic E-state index is -4.46. The molecule has 3 rings (SSSR count). The first-order chi connectivity index (χ1) is 11.8. The number of ether oxygens (including phenoxy) is 1. The monoisotopic (exact) mass is 356 g/mol.